The Bertz CT molecular complexity index is 424. The minimum atomic E-state index is 0.416. The van der Waals surface area contributed by atoms with Gasteiger partial charge in [0.25, 0.3) is 0 Å². The lowest BCUT2D eigenvalue weighted by molar-refractivity contribution is 0.781. The predicted molar refractivity (Wildman–Crippen MR) is 63.6 cm³/mol. The molecule has 0 aliphatic carbocycles. The van der Waals surface area contributed by atoms with Gasteiger partial charge in [0.2, 0.25) is 0 Å². The highest BCUT2D eigenvalue weighted by Crippen LogP contribution is 2.13. The molecule has 14 heavy (non-hydrogen) atoms. The van der Waals surface area contributed by atoms with Gasteiger partial charge < -0.3 is 0 Å². The molecular formula is C9H7ClIN3. The smallest absolute Gasteiger partial charge is 0.0793 e. The van der Waals surface area contributed by atoms with E-state index in [4.69, 9.17) is 11.6 Å². The van der Waals surface area contributed by atoms with Crippen LogP contribution < -0.4 is 0 Å². The fourth-order valence-electron chi connectivity index (χ4n) is 1.15. The third-order valence-electron chi connectivity index (χ3n) is 1.83. The Kier molecular flexibility index (Phi) is 3.02. The minimum Gasteiger partial charge on any atom is -0.216 e. The van der Waals surface area contributed by atoms with E-state index in [1.54, 1.807) is 10.9 Å². The standard InChI is InChI=1S/C9H7ClIN3/c10-5-9-6-12-13-14(9)8-3-1-7(11)2-4-8/h1-4,6H,5H2. The number of alkyl halides is 1. The first-order chi connectivity index (χ1) is 6.81. The average molecular weight is 320 g/mol. The van der Waals surface area contributed by atoms with Crippen LogP contribution >= 0.6 is 34.2 Å². The molecule has 1 heterocycles. The van der Waals surface area contributed by atoms with E-state index in [-0.39, 0.29) is 0 Å². The molecule has 0 N–H and O–H groups in total. The average Bonchev–Trinajstić information content (AvgIpc) is 2.67. The van der Waals surface area contributed by atoms with E-state index in [0.29, 0.717) is 5.88 Å². The third-order valence-corrected chi connectivity index (χ3v) is 2.82. The van der Waals surface area contributed by atoms with Crippen molar-refractivity contribution in [1.29, 1.82) is 0 Å². The lowest BCUT2D eigenvalue weighted by Gasteiger charge is -2.03. The maximum atomic E-state index is 5.75. The van der Waals surface area contributed by atoms with Crippen LogP contribution in [-0.4, -0.2) is 15.0 Å². The first kappa shape index (κ1) is 9.92. The van der Waals surface area contributed by atoms with Gasteiger partial charge in [-0.05, 0) is 46.9 Å². The van der Waals surface area contributed by atoms with Crippen LogP contribution in [0, 0.1) is 3.57 Å². The Morgan fingerprint density at radius 2 is 2.00 bits per heavy atom. The highest BCUT2D eigenvalue weighted by atomic mass is 127. The zero-order valence-electron chi connectivity index (χ0n) is 7.19. The molecule has 0 spiro atoms. The summed E-state index contributed by atoms with van der Waals surface area (Å²) in [5, 5.41) is 7.79. The van der Waals surface area contributed by atoms with Crippen LogP contribution in [0.5, 0.6) is 0 Å². The molecule has 0 aliphatic rings. The minimum absolute atomic E-state index is 0.416. The van der Waals surface area contributed by atoms with Crippen LogP contribution in [0.3, 0.4) is 0 Å². The summed E-state index contributed by atoms with van der Waals surface area (Å²) in [6.45, 7) is 0. The normalized spacial score (nSPS) is 10.4. The molecular weight excluding hydrogens is 312 g/mol. The largest absolute Gasteiger partial charge is 0.216 e. The highest BCUT2D eigenvalue weighted by Gasteiger charge is 2.03. The summed E-state index contributed by atoms with van der Waals surface area (Å²) in [5.41, 5.74) is 1.88. The Morgan fingerprint density at radius 3 is 2.64 bits per heavy atom. The molecule has 5 heteroatoms. The lowest BCUT2D eigenvalue weighted by atomic mass is 10.3. The topological polar surface area (TPSA) is 30.7 Å². The first-order valence-corrected chi connectivity index (χ1v) is 5.64. The second-order valence-electron chi connectivity index (χ2n) is 2.75. The molecule has 0 bridgehead atoms. The maximum Gasteiger partial charge on any atom is 0.0793 e. The quantitative estimate of drug-likeness (QED) is 0.629. The van der Waals surface area contributed by atoms with E-state index in [1.165, 1.54) is 3.57 Å². The van der Waals surface area contributed by atoms with Crippen LogP contribution in [0.4, 0.5) is 0 Å². The van der Waals surface area contributed by atoms with E-state index in [0.717, 1.165) is 11.4 Å². The number of halogens is 2. The fraction of sp³-hybridized carbons (Fsp3) is 0.111. The second-order valence-corrected chi connectivity index (χ2v) is 4.26. The molecule has 0 unspecified atom stereocenters. The number of nitrogens with zero attached hydrogens (tertiary/aromatic N) is 3. The number of hydrogen-bond donors (Lipinski definition) is 0. The van der Waals surface area contributed by atoms with Gasteiger partial charge >= 0.3 is 0 Å². The van der Waals surface area contributed by atoms with Crippen molar-refractivity contribution >= 4 is 34.2 Å². The molecule has 3 nitrogen and oxygen atoms in total. The van der Waals surface area contributed by atoms with Crippen LogP contribution in [-0.2, 0) is 5.88 Å². The van der Waals surface area contributed by atoms with Gasteiger partial charge in [0.1, 0.15) is 0 Å². The van der Waals surface area contributed by atoms with Crippen LogP contribution in [0.2, 0.25) is 0 Å². The second kappa shape index (κ2) is 4.27. The number of benzene rings is 1. The van der Waals surface area contributed by atoms with E-state index in [9.17, 15) is 0 Å². The molecule has 0 saturated carbocycles. The van der Waals surface area contributed by atoms with Gasteiger partial charge in [-0.3, -0.25) is 0 Å². The van der Waals surface area contributed by atoms with Gasteiger partial charge in [-0.15, -0.1) is 16.7 Å². The van der Waals surface area contributed by atoms with Crippen molar-refractivity contribution in [2.75, 3.05) is 0 Å². The van der Waals surface area contributed by atoms with E-state index in [1.807, 2.05) is 24.3 Å². The Balaban J connectivity index is 2.44. The fourth-order valence-corrected chi connectivity index (χ4v) is 1.69. The third kappa shape index (κ3) is 1.90. The van der Waals surface area contributed by atoms with E-state index >= 15 is 0 Å². The Morgan fingerprint density at radius 1 is 1.29 bits per heavy atom. The zero-order chi connectivity index (χ0) is 9.97. The molecule has 0 saturated heterocycles. The van der Waals surface area contributed by atoms with Crippen molar-refractivity contribution in [1.82, 2.24) is 15.0 Å². The Hall–Kier alpha value is -0.620. The maximum absolute atomic E-state index is 5.75. The van der Waals surface area contributed by atoms with Gasteiger partial charge in [0.05, 0.1) is 23.5 Å². The summed E-state index contributed by atoms with van der Waals surface area (Å²) in [7, 11) is 0. The molecule has 1 aromatic heterocycles. The number of rotatable bonds is 2. The van der Waals surface area contributed by atoms with Gasteiger partial charge in [-0.1, -0.05) is 5.21 Å². The first-order valence-electron chi connectivity index (χ1n) is 4.03. The molecule has 0 amide bonds. The van der Waals surface area contributed by atoms with Crippen LogP contribution in [0.15, 0.2) is 30.5 Å². The van der Waals surface area contributed by atoms with Crippen molar-refractivity contribution in [2.24, 2.45) is 0 Å². The molecule has 0 atom stereocenters. The summed E-state index contributed by atoms with van der Waals surface area (Å²) in [6.07, 6.45) is 1.67. The molecule has 1 aromatic carbocycles. The SMILES string of the molecule is ClCc1cnnn1-c1ccc(I)cc1. The molecule has 0 fully saturated rings. The summed E-state index contributed by atoms with van der Waals surface area (Å²) < 4.78 is 2.93. The van der Waals surface area contributed by atoms with Crippen LogP contribution in [0.1, 0.15) is 5.69 Å². The number of aromatic nitrogens is 3. The van der Waals surface area contributed by atoms with Gasteiger partial charge in [-0.2, -0.15) is 0 Å². The van der Waals surface area contributed by atoms with E-state index in [2.05, 4.69) is 32.9 Å². The predicted octanol–water partition coefficient (Wildman–Crippen LogP) is 2.61. The molecule has 0 aliphatic heterocycles. The monoisotopic (exact) mass is 319 g/mol. The van der Waals surface area contributed by atoms with E-state index < -0.39 is 0 Å². The van der Waals surface area contributed by atoms with Crippen molar-refractivity contribution in [3.05, 3.63) is 39.7 Å². The number of hydrogen-bond acceptors (Lipinski definition) is 2. The van der Waals surface area contributed by atoms with Gasteiger partial charge in [-0.25, -0.2) is 4.68 Å². The van der Waals surface area contributed by atoms with Crippen molar-refractivity contribution in [2.45, 2.75) is 5.88 Å². The molecule has 2 rings (SSSR count). The highest BCUT2D eigenvalue weighted by molar-refractivity contribution is 14.1. The summed E-state index contributed by atoms with van der Waals surface area (Å²) in [4.78, 5) is 0. The lowest BCUT2D eigenvalue weighted by Crippen LogP contribution is -2.00. The van der Waals surface area contributed by atoms with Crippen LogP contribution in [0.25, 0.3) is 5.69 Å². The molecule has 72 valence electrons. The molecule has 0 radical (unpaired) electrons. The Labute approximate surface area is 100 Å². The van der Waals surface area contributed by atoms with Crippen molar-refractivity contribution in [3.63, 3.8) is 0 Å². The van der Waals surface area contributed by atoms with Gasteiger partial charge in [0.15, 0.2) is 0 Å². The zero-order valence-corrected chi connectivity index (χ0v) is 10.1. The van der Waals surface area contributed by atoms with Crippen molar-refractivity contribution in [3.8, 4) is 5.69 Å². The molecule has 2 aromatic rings. The summed E-state index contributed by atoms with van der Waals surface area (Å²) in [6, 6.07) is 8.03. The summed E-state index contributed by atoms with van der Waals surface area (Å²) in [5.74, 6) is 0.416. The summed E-state index contributed by atoms with van der Waals surface area (Å²) >= 11 is 8.01. The van der Waals surface area contributed by atoms with Crippen molar-refractivity contribution < 1.29 is 0 Å². The van der Waals surface area contributed by atoms with Gasteiger partial charge in [0, 0.05) is 3.57 Å².